The maximum absolute atomic E-state index is 9.83. The molecule has 13 heavy (non-hydrogen) atoms. The van der Waals surface area contributed by atoms with Crippen molar-refractivity contribution in [1.82, 2.24) is 4.90 Å². The fourth-order valence-corrected chi connectivity index (χ4v) is 1.87. The molecule has 1 aliphatic heterocycles. The molecule has 1 aromatic rings. The van der Waals surface area contributed by atoms with Crippen LogP contribution in [0, 0.1) is 0 Å². The van der Waals surface area contributed by atoms with Gasteiger partial charge in [0.15, 0.2) is 0 Å². The third kappa shape index (κ3) is 1.74. The molecular formula is C11H15NO. The molecule has 0 saturated carbocycles. The van der Waals surface area contributed by atoms with E-state index in [1.165, 1.54) is 5.56 Å². The Bertz CT molecular complexity index is 298. The summed E-state index contributed by atoms with van der Waals surface area (Å²) in [6, 6.07) is 8.15. The summed E-state index contributed by atoms with van der Waals surface area (Å²) in [5, 5.41) is 9.83. The fourth-order valence-electron chi connectivity index (χ4n) is 1.87. The van der Waals surface area contributed by atoms with Gasteiger partial charge in [0.1, 0.15) is 0 Å². The first-order valence-electron chi connectivity index (χ1n) is 4.72. The first-order chi connectivity index (χ1) is 6.27. The normalized spacial score (nSPS) is 23.7. The van der Waals surface area contributed by atoms with Crippen LogP contribution in [0.25, 0.3) is 0 Å². The van der Waals surface area contributed by atoms with Crippen molar-refractivity contribution < 1.29 is 5.11 Å². The average Bonchev–Trinajstić information content (AvgIpc) is 2.27. The maximum Gasteiger partial charge on any atom is 0.0805 e. The van der Waals surface area contributed by atoms with Crippen LogP contribution in [0.2, 0.25) is 0 Å². The third-order valence-corrected chi connectivity index (χ3v) is 2.64. The molecule has 0 bridgehead atoms. The summed E-state index contributed by atoms with van der Waals surface area (Å²) in [7, 11) is 2.09. The lowest BCUT2D eigenvalue weighted by atomic mass is 10.0. The van der Waals surface area contributed by atoms with E-state index in [4.69, 9.17) is 0 Å². The van der Waals surface area contributed by atoms with Gasteiger partial charge in [-0.1, -0.05) is 24.3 Å². The summed E-state index contributed by atoms with van der Waals surface area (Å²) in [5.41, 5.74) is 2.36. The van der Waals surface area contributed by atoms with Crippen LogP contribution >= 0.6 is 0 Å². The van der Waals surface area contributed by atoms with Crippen molar-refractivity contribution in [3.63, 3.8) is 0 Å². The highest BCUT2D eigenvalue weighted by Crippen LogP contribution is 2.25. The minimum atomic E-state index is -0.277. The Morgan fingerprint density at radius 3 is 3.00 bits per heavy atom. The van der Waals surface area contributed by atoms with E-state index < -0.39 is 0 Å². The molecule has 1 unspecified atom stereocenters. The first kappa shape index (κ1) is 8.73. The Balaban J connectivity index is 2.38. The largest absolute Gasteiger partial charge is 0.388 e. The standard InChI is InChI=1S/C11H15NO/c1-12-7-6-11(13)10-5-3-2-4-9(10)8-12/h2-5,11,13H,6-8H2,1H3. The highest BCUT2D eigenvalue weighted by atomic mass is 16.3. The van der Waals surface area contributed by atoms with Crippen LogP contribution in [-0.2, 0) is 6.54 Å². The number of nitrogens with zero attached hydrogens (tertiary/aromatic N) is 1. The first-order valence-corrected chi connectivity index (χ1v) is 4.72. The summed E-state index contributed by atoms with van der Waals surface area (Å²) in [5.74, 6) is 0. The average molecular weight is 177 g/mol. The molecule has 1 aromatic carbocycles. The Morgan fingerprint density at radius 2 is 2.15 bits per heavy atom. The van der Waals surface area contributed by atoms with E-state index in [1.807, 2.05) is 18.2 Å². The van der Waals surface area contributed by atoms with Crippen molar-refractivity contribution in [2.75, 3.05) is 13.6 Å². The van der Waals surface area contributed by atoms with Crippen molar-refractivity contribution >= 4 is 0 Å². The molecule has 0 fully saturated rings. The quantitative estimate of drug-likeness (QED) is 0.650. The fraction of sp³-hybridized carbons (Fsp3) is 0.455. The van der Waals surface area contributed by atoms with Gasteiger partial charge in [-0.05, 0) is 24.6 Å². The summed E-state index contributed by atoms with van der Waals surface area (Å²) in [4.78, 5) is 2.25. The highest BCUT2D eigenvalue weighted by Gasteiger charge is 2.17. The topological polar surface area (TPSA) is 23.5 Å². The molecular weight excluding hydrogens is 162 g/mol. The Morgan fingerprint density at radius 1 is 1.38 bits per heavy atom. The van der Waals surface area contributed by atoms with Crippen molar-refractivity contribution in [3.8, 4) is 0 Å². The maximum atomic E-state index is 9.83. The van der Waals surface area contributed by atoms with Crippen LogP contribution in [0.1, 0.15) is 23.7 Å². The zero-order valence-corrected chi connectivity index (χ0v) is 7.90. The van der Waals surface area contributed by atoms with Crippen LogP contribution in [0.3, 0.4) is 0 Å². The van der Waals surface area contributed by atoms with E-state index in [0.29, 0.717) is 0 Å². The minimum Gasteiger partial charge on any atom is -0.388 e. The van der Waals surface area contributed by atoms with Gasteiger partial charge in [-0.15, -0.1) is 0 Å². The molecule has 0 aromatic heterocycles. The molecule has 1 atom stereocenters. The zero-order chi connectivity index (χ0) is 9.26. The molecule has 0 aliphatic carbocycles. The SMILES string of the molecule is CN1CCC(O)c2ccccc2C1. The van der Waals surface area contributed by atoms with E-state index in [1.54, 1.807) is 0 Å². The van der Waals surface area contributed by atoms with Gasteiger partial charge in [-0.25, -0.2) is 0 Å². The predicted octanol–water partition coefficient (Wildman–Crippen LogP) is 1.56. The molecule has 70 valence electrons. The van der Waals surface area contributed by atoms with Crippen molar-refractivity contribution in [3.05, 3.63) is 35.4 Å². The van der Waals surface area contributed by atoms with E-state index in [9.17, 15) is 5.11 Å². The third-order valence-electron chi connectivity index (χ3n) is 2.64. The minimum absolute atomic E-state index is 0.277. The van der Waals surface area contributed by atoms with Gasteiger partial charge in [0.2, 0.25) is 0 Å². The van der Waals surface area contributed by atoms with E-state index in [2.05, 4.69) is 18.0 Å². The molecule has 0 amide bonds. The molecule has 1 aliphatic rings. The van der Waals surface area contributed by atoms with Gasteiger partial charge < -0.3 is 10.0 Å². The molecule has 2 rings (SSSR count). The van der Waals surface area contributed by atoms with Gasteiger partial charge in [-0.2, -0.15) is 0 Å². The van der Waals surface area contributed by atoms with Crippen molar-refractivity contribution in [1.29, 1.82) is 0 Å². The van der Waals surface area contributed by atoms with Gasteiger partial charge >= 0.3 is 0 Å². The van der Waals surface area contributed by atoms with Gasteiger partial charge in [-0.3, -0.25) is 0 Å². The van der Waals surface area contributed by atoms with Gasteiger partial charge in [0.05, 0.1) is 6.10 Å². The lowest BCUT2D eigenvalue weighted by molar-refractivity contribution is 0.158. The number of aliphatic hydroxyl groups excluding tert-OH is 1. The molecule has 2 heteroatoms. The van der Waals surface area contributed by atoms with Crippen LogP contribution < -0.4 is 0 Å². The second-order valence-corrected chi connectivity index (χ2v) is 3.74. The van der Waals surface area contributed by atoms with Gasteiger partial charge in [0.25, 0.3) is 0 Å². The van der Waals surface area contributed by atoms with E-state index in [-0.39, 0.29) is 6.10 Å². The molecule has 2 nitrogen and oxygen atoms in total. The summed E-state index contributed by atoms with van der Waals surface area (Å²) in [6.45, 7) is 1.92. The van der Waals surface area contributed by atoms with Crippen molar-refractivity contribution in [2.45, 2.75) is 19.1 Å². The van der Waals surface area contributed by atoms with Crippen LogP contribution in [-0.4, -0.2) is 23.6 Å². The number of hydrogen-bond acceptors (Lipinski definition) is 2. The Hall–Kier alpha value is -0.860. The number of hydrogen-bond donors (Lipinski definition) is 1. The van der Waals surface area contributed by atoms with Crippen LogP contribution in [0.5, 0.6) is 0 Å². The number of aliphatic hydroxyl groups is 1. The van der Waals surface area contributed by atoms with Crippen LogP contribution in [0.4, 0.5) is 0 Å². The lowest BCUT2D eigenvalue weighted by Gasteiger charge is -2.12. The molecule has 0 saturated heterocycles. The van der Waals surface area contributed by atoms with Crippen molar-refractivity contribution in [2.24, 2.45) is 0 Å². The Kier molecular flexibility index (Phi) is 2.34. The smallest absolute Gasteiger partial charge is 0.0805 e. The second-order valence-electron chi connectivity index (χ2n) is 3.74. The Labute approximate surface area is 78.8 Å². The number of benzene rings is 1. The molecule has 0 spiro atoms. The summed E-state index contributed by atoms with van der Waals surface area (Å²) < 4.78 is 0. The summed E-state index contributed by atoms with van der Waals surface area (Å²) in [6.07, 6.45) is 0.564. The van der Waals surface area contributed by atoms with E-state index >= 15 is 0 Å². The number of fused-ring (bicyclic) bond motifs is 1. The molecule has 0 radical (unpaired) electrons. The molecule has 1 heterocycles. The molecule has 1 N–H and O–H groups in total. The highest BCUT2D eigenvalue weighted by molar-refractivity contribution is 5.29. The van der Waals surface area contributed by atoms with Gasteiger partial charge in [0, 0.05) is 13.1 Å². The van der Waals surface area contributed by atoms with E-state index in [0.717, 1.165) is 25.1 Å². The summed E-state index contributed by atoms with van der Waals surface area (Å²) >= 11 is 0. The zero-order valence-electron chi connectivity index (χ0n) is 7.90. The lowest BCUT2D eigenvalue weighted by Crippen LogP contribution is -2.17. The number of rotatable bonds is 0. The van der Waals surface area contributed by atoms with Crippen LogP contribution in [0.15, 0.2) is 24.3 Å². The second kappa shape index (κ2) is 3.48. The monoisotopic (exact) mass is 177 g/mol. The predicted molar refractivity (Wildman–Crippen MR) is 52.4 cm³/mol.